The predicted molar refractivity (Wildman–Crippen MR) is 143 cm³/mol. The Hall–Kier alpha value is -4.80. The minimum Gasteiger partial charge on any atom is -0.244 e. The van der Waals surface area contributed by atoms with Crippen molar-refractivity contribution in [3.8, 4) is 45.6 Å². The molecule has 6 aromatic rings. The molecule has 6 heterocycles. The third kappa shape index (κ3) is 6.30. The van der Waals surface area contributed by atoms with E-state index < -0.39 is 0 Å². The molecule has 0 N–H and O–H groups in total. The molecule has 0 aliphatic rings. The second kappa shape index (κ2) is 12.0. The molecule has 0 spiro atoms. The molecule has 38 heavy (non-hydrogen) atoms. The highest BCUT2D eigenvalue weighted by molar-refractivity contribution is 6.29. The van der Waals surface area contributed by atoms with E-state index in [4.69, 9.17) is 23.2 Å². The fraction of sp³-hybridized carbons (Fsp3) is 0. The van der Waals surface area contributed by atoms with Crippen LogP contribution in [0.25, 0.3) is 45.6 Å². The molecule has 0 unspecified atom stereocenters. The molecule has 0 amide bonds. The van der Waals surface area contributed by atoms with Gasteiger partial charge in [0.15, 0.2) is 10.3 Å². The van der Waals surface area contributed by atoms with Crippen LogP contribution in [-0.4, -0.2) is 50.8 Å². The maximum atomic E-state index is 5.72. The summed E-state index contributed by atoms with van der Waals surface area (Å²) in [5.41, 5.74) is 5.66. The van der Waals surface area contributed by atoms with Crippen LogP contribution in [0, 0.1) is 0 Å². The lowest BCUT2D eigenvalue weighted by atomic mass is 10.2. The minimum atomic E-state index is 0.341. The van der Waals surface area contributed by atoms with E-state index in [1.54, 1.807) is 36.7 Å². The first-order valence-electron chi connectivity index (χ1n) is 11.2. The van der Waals surface area contributed by atoms with E-state index in [9.17, 15) is 0 Å². The van der Waals surface area contributed by atoms with Gasteiger partial charge in [0, 0.05) is 12.4 Å². The van der Waals surface area contributed by atoms with Gasteiger partial charge in [-0.25, -0.2) is 9.97 Å². The maximum Gasteiger partial charge on any atom is 0.151 e. The van der Waals surface area contributed by atoms with E-state index in [2.05, 4.69) is 50.8 Å². The summed E-state index contributed by atoms with van der Waals surface area (Å²) in [5, 5.41) is 32.0. The second-order valence-corrected chi connectivity index (χ2v) is 8.29. The summed E-state index contributed by atoms with van der Waals surface area (Å²) in [4.78, 5) is 8.99. The fourth-order valence-corrected chi connectivity index (χ4v) is 3.42. The first-order valence-corrected chi connectivity index (χ1v) is 11.9. The lowest BCUT2D eigenvalue weighted by Gasteiger charge is -2.03. The Balaban J connectivity index is 0.000000156. The van der Waals surface area contributed by atoms with E-state index in [0.717, 1.165) is 22.8 Å². The summed E-state index contributed by atoms with van der Waals surface area (Å²) in [6, 6.07) is 25.5. The van der Waals surface area contributed by atoms with Gasteiger partial charge < -0.3 is 0 Å². The maximum absolute atomic E-state index is 5.72. The molecule has 0 saturated heterocycles. The number of pyridine rings is 2. The van der Waals surface area contributed by atoms with Gasteiger partial charge in [0.05, 0.1) is 22.8 Å². The molecule has 0 aliphatic carbocycles. The molecule has 0 saturated carbocycles. The molecule has 0 bridgehead atoms. The van der Waals surface area contributed by atoms with Gasteiger partial charge in [-0.3, -0.25) is 0 Å². The predicted octanol–water partition coefficient (Wildman–Crippen LogP) is 5.30. The first kappa shape index (κ1) is 24.9. The Morgan fingerprint density at radius 2 is 0.711 bits per heavy atom. The van der Waals surface area contributed by atoms with Crippen LogP contribution >= 0.6 is 23.2 Å². The van der Waals surface area contributed by atoms with Crippen LogP contribution in [0.5, 0.6) is 0 Å². The fourth-order valence-electron chi connectivity index (χ4n) is 3.22. The van der Waals surface area contributed by atoms with Crippen LogP contribution in [-0.2, 0) is 0 Å². The molecule has 0 fully saturated rings. The minimum absolute atomic E-state index is 0.341. The van der Waals surface area contributed by atoms with Gasteiger partial charge in [-0.05, 0) is 72.8 Å². The molecule has 6 aromatic heterocycles. The van der Waals surface area contributed by atoms with Crippen molar-refractivity contribution in [2.45, 2.75) is 0 Å². The number of aromatic nitrogens is 10. The van der Waals surface area contributed by atoms with Gasteiger partial charge in [-0.2, -0.15) is 10.2 Å². The van der Waals surface area contributed by atoms with Crippen LogP contribution < -0.4 is 0 Å². The first-order chi connectivity index (χ1) is 18.7. The normalized spacial score (nSPS) is 10.4. The number of hydrogen-bond acceptors (Lipinski definition) is 10. The average Bonchev–Trinajstić information content (AvgIpc) is 2.99. The van der Waals surface area contributed by atoms with Gasteiger partial charge in [0.1, 0.15) is 22.8 Å². The van der Waals surface area contributed by atoms with E-state index in [0.29, 0.717) is 33.1 Å². The molecular weight excluding hydrogens is 523 g/mol. The number of nitrogens with zero attached hydrogens (tertiary/aromatic N) is 10. The van der Waals surface area contributed by atoms with Gasteiger partial charge in [0.25, 0.3) is 0 Å². The van der Waals surface area contributed by atoms with Crippen LogP contribution in [0.15, 0.2) is 97.3 Å². The lowest BCUT2D eigenvalue weighted by Crippen LogP contribution is -1.94. The van der Waals surface area contributed by atoms with E-state index in [1.165, 1.54) is 0 Å². The van der Waals surface area contributed by atoms with Crippen molar-refractivity contribution < 1.29 is 0 Å². The molecule has 184 valence electrons. The van der Waals surface area contributed by atoms with Crippen molar-refractivity contribution in [2.24, 2.45) is 0 Å². The van der Waals surface area contributed by atoms with E-state index in [-0.39, 0.29) is 0 Å². The molecule has 0 aromatic carbocycles. The molecule has 12 heteroatoms. The monoisotopic (exact) mass is 538 g/mol. The standard InChI is InChI=1S/C13H7Cl2N5.C13H9N5/c14-12-6-4-10(17-19-12)8-2-1-3-9(16-8)11-5-7-13(15)20-18-11;1-4-10(12-6-2-8-14-17-12)16-11(5-1)13-7-3-9-15-18-13/h1-7H;1-9H. The van der Waals surface area contributed by atoms with Crippen molar-refractivity contribution in [3.63, 3.8) is 0 Å². The zero-order valence-electron chi connectivity index (χ0n) is 19.5. The number of halogens is 2. The van der Waals surface area contributed by atoms with Crippen molar-refractivity contribution in [3.05, 3.63) is 108 Å². The van der Waals surface area contributed by atoms with Crippen LogP contribution in [0.4, 0.5) is 0 Å². The van der Waals surface area contributed by atoms with Crippen LogP contribution in [0.1, 0.15) is 0 Å². The Labute approximate surface area is 226 Å². The largest absolute Gasteiger partial charge is 0.244 e. The quantitative estimate of drug-likeness (QED) is 0.291. The Bertz CT molecular complexity index is 1500. The lowest BCUT2D eigenvalue weighted by molar-refractivity contribution is 1.02. The molecule has 0 radical (unpaired) electrons. The van der Waals surface area contributed by atoms with Crippen LogP contribution in [0.3, 0.4) is 0 Å². The average molecular weight is 539 g/mol. The molecular formula is C26H16Cl2N10. The summed E-state index contributed by atoms with van der Waals surface area (Å²) >= 11 is 11.4. The molecule has 10 nitrogen and oxygen atoms in total. The topological polar surface area (TPSA) is 129 Å². The third-order valence-electron chi connectivity index (χ3n) is 4.96. The van der Waals surface area contributed by atoms with Gasteiger partial charge in [-0.1, -0.05) is 35.3 Å². The summed E-state index contributed by atoms with van der Waals surface area (Å²) in [7, 11) is 0. The highest BCUT2D eigenvalue weighted by Crippen LogP contribution is 2.21. The Morgan fingerprint density at radius 1 is 0.342 bits per heavy atom. The van der Waals surface area contributed by atoms with Gasteiger partial charge >= 0.3 is 0 Å². The van der Waals surface area contributed by atoms with Crippen molar-refractivity contribution >= 4 is 23.2 Å². The summed E-state index contributed by atoms with van der Waals surface area (Å²) < 4.78 is 0. The van der Waals surface area contributed by atoms with Crippen molar-refractivity contribution in [2.75, 3.05) is 0 Å². The second-order valence-electron chi connectivity index (χ2n) is 7.52. The van der Waals surface area contributed by atoms with Crippen molar-refractivity contribution in [1.29, 1.82) is 0 Å². The highest BCUT2D eigenvalue weighted by atomic mass is 35.5. The molecule has 0 atom stereocenters. The van der Waals surface area contributed by atoms with E-state index in [1.807, 2.05) is 60.7 Å². The summed E-state index contributed by atoms with van der Waals surface area (Å²) in [6.45, 7) is 0. The molecule has 0 aliphatic heterocycles. The van der Waals surface area contributed by atoms with Gasteiger partial charge in [0.2, 0.25) is 0 Å². The SMILES string of the molecule is Clc1ccc(-c2cccc(-c3ccc(Cl)nn3)n2)nn1.c1cnnc(-c2cccc(-c3cccnn3)n2)c1. The van der Waals surface area contributed by atoms with E-state index >= 15 is 0 Å². The molecule has 6 rings (SSSR count). The summed E-state index contributed by atoms with van der Waals surface area (Å²) in [5.74, 6) is 0. The summed E-state index contributed by atoms with van der Waals surface area (Å²) in [6.07, 6.45) is 3.27. The zero-order chi connectivity index (χ0) is 26.2. The number of hydrogen-bond donors (Lipinski definition) is 0. The Kier molecular flexibility index (Phi) is 7.83. The Morgan fingerprint density at radius 3 is 1.03 bits per heavy atom. The smallest absolute Gasteiger partial charge is 0.151 e. The van der Waals surface area contributed by atoms with Crippen LogP contribution in [0.2, 0.25) is 10.3 Å². The van der Waals surface area contributed by atoms with Crippen molar-refractivity contribution in [1.82, 2.24) is 50.8 Å². The number of rotatable bonds is 4. The van der Waals surface area contributed by atoms with Gasteiger partial charge in [-0.15, -0.1) is 30.6 Å². The zero-order valence-corrected chi connectivity index (χ0v) is 21.0. The third-order valence-corrected chi connectivity index (χ3v) is 5.36. The highest BCUT2D eigenvalue weighted by Gasteiger charge is 2.07.